The van der Waals surface area contributed by atoms with Gasteiger partial charge in [-0.05, 0) is 13.0 Å². The minimum atomic E-state index is -1.03. The summed E-state index contributed by atoms with van der Waals surface area (Å²) in [6.07, 6.45) is 1.44. The third-order valence-corrected chi connectivity index (χ3v) is 4.05. The van der Waals surface area contributed by atoms with E-state index in [1.165, 1.54) is 4.90 Å². The summed E-state index contributed by atoms with van der Waals surface area (Å²) in [4.78, 5) is 13.7. The van der Waals surface area contributed by atoms with Crippen molar-refractivity contribution in [2.45, 2.75) is 37.6 Å². The van der Waals surface area contributed by atoms with Crippen LogP contribution in [-0.4, -0.2) is 65.1 Å². The number of nitrogens with zero attached hydrogens (tertiary/aromatic N) is 1. The number of amides is 2. The van der Waals surface area contributed by atoms with Crippen LogP contribution in [0.25, 0.3) is 0 Å². The third-order valence-electron chi connectivity index (χ3n) is 4.05. The highest BCUT2D eigenvalue weighted by atomic mass is 16.6. The van der Waals surface area contributed by atoms with Crippen molar-refractivity contribution in [3.05, 3.63) is 36.2 Å². The number of allylic oxidation sites excluding steroid dienone is 1. The van der Waals surface area contributed by atoms with Crippen LogP contribution < -0.4 is 10.6 Å². The van der Waals surface area contributed by atoms with E-state index in [0.717, 1.165) is 11.3 Å². The fourth-order valence-electron chi connectivity index (χ4n) is 2.98. The van der Waals surface area contributed by atoms with Crippen molar-refractivity contribution in [2.24, 2.45) is 0 Å². The van der Waals surface area contributed by atoms with Crippen molar-refractivity contribution in [2.75, 3.05) is 13.2 Å². The molecule has 3 aliphatic heterocycles. The number of aliphatic hydroxyl groups is 2. The van der Waals surface area contributed by atoms with Gasteiger partial charge < -0.3 is 30.3 Å². The van der Waals surface area contributed by atoms with E-state index in [4.69, 9.17) is 9.47 Å². The van der Waals surface area contributed by atoms with Gasteiger partial charge >= 0.3 is 6.03 Å². The number of ether oxygens (including phenoxy) is 2. The number of carbonyl (C=O) groups excluding carboxylic acids is 1. The molecule has 0 spiro atoms. The molecular formula is C15H21N3O5. The monoisotopic (exact) mass is 323 g/mol. The predicted molar refractivity (Wildman–Crippen MR) is 80.8 cm³/mol. The molecule has 3 heterocycles. The highest BCUT2D eigenvalue weighted by molar-refractivity contribution is 5.78. The van der Waals surface area contributed by atoms with E-state index < -0.39 is 24.5 Å². The highest BCUT2D eigenvalue weighted by Gasteiger charge is 2.49. The van der Waals surface area contributed by atoms with Crippen molar-refractivity contribution in [3.63, 3.8) is 0 Å². The number of urea groups is 1. The van der Waals surface area contributed by atoms with Crippen LogP contribution in [0.3, 0.4) is 0 Å². The second-order valence-electron chi connectivity index (χ2n) is 5.72. The van der Waals surface area contributed by atoms with Crippen LogP contribution in [0.15, 0.2) is 36.2 Å². The molecule has 4 N–H and O–H groups in total. The van der Waals surface area contributed by atoms with Crippen molar-refractivity contribution in [3.8, 4) is 0 Å². The number of aliphatic hydroxyl groups excluding tert-OH is 2. The fourth-order valence-corrected chi connectivity index (χ4v) is 2.98. The van der Waals surface area contributed by atoms with Gasteiger partial charge in [0, 0.05) is 17.5 Å². The summed E-state index contributed by atoms with van der Waals surface area (Å²) in [6.45, 7) is 5.32. The van der Waals surface area contributed by atoms with Crippen LogP contribution in [0.1, 0.15) is 6.92 Å². The zero-order valence-electron chi connectivity index (χ0n) is 12.8. The standard InChI is InChI=1S/C15H21N3O5/c1-3-4-22-12-11(20)10(7-19)23-14(12)18-6-9-5-8(2)16-13(9)17-15(18)21/h3,5-6,10-14,16,19-20H,1,4,7H2,2H3,(H,17,21)/t10-,11-,12-,13?,14?/m1/s1. The van der Waals surface area contributed by atoms with Gasteiger partial charge in [-0.1, -0.05) is 6.08 Å². The second kappa shape index (κ2) is 6.32. The van der Waals surface area contributed by atoms with Gasteiger partial charge in [0.2, 0.25) is 0 Å². The molecule has 8 nitrogen and oxygen atoms in total. The van der Waals surface area contributed by atoms with E-state index in [0.29, 0.717) is 0 Å². The van der Waals surface area contributed by atoms with Crippen molar-refractivity contribution in [1.82, 2.24) is 15.5 Å². The van der Waals surface area contributed by atoms with Gasteiger partial charge in [0.05, 0.1) is 13.2 Å². The van der Waals surface area contributed by atoms with Gasteiger partial charge in [0.25, 0.3) is 0 Å². The molecule has 5 atom stereocenters. The molecule has 2 amide bonds. The van der Waals surface area contributed by atoms with Crippen molar-refractivity contribution in [1.29, 1.82) is 0 Å². The first-order valence-electron chi connectivity index (χ1n) is 7.47. The fraction of sp³-hybridized carbons (Fsp3) is 0.533. The van der Waals surface area contributed by atoms with E-state index in [1.54, 1.807) is 12.3 Å². The average molecular weight is 323 g/mol. The molecule has 0 saturated carbocycles. The molecule has 23 heavy (non-hydrogen) atoms. The Bertz CT molecular complexity index is 561. The van der Waals surface area contributed by atoms with E-state index in [9.17, 15) is 15.0 Å². The second-order valence-corrected chi connectivity index (χ2v) is 5.72. The summed E-state index contributed by atoms with van der Waals surface area (Å²) >= 11 is 0. The number of nitrogens with one attached hydrogen (secondary N) is 2. The number of hydrogen-bond donors (Lipinski definition) is 4. The number of carbonyl (C=O) groups is 1. The summed E-state index contributed by atoms with van der Waals surface area (Å²) < 4.78 is 11.2. The molecule has 3 aliphatic rings. The topological polar surface area (TPSA) is 103 Å². The van der Waals surface area contributed by atoms with Crippen molar-refractivity contribution >= 4 is 6.03 Å². The lowest BCUT2D eigenvalue weighted by Gasteiger charge is -2.34. The first-order chi connectivity index (χ1) is 11.0. The maximum Gasteiger partial charge on any atom is 0.325 e. The van der Waals surface area contributed by atoms with E-state index in [1.807, 2.05) is 13.0 Å². The largest absolute Gasteiger partial charge is 0.394 e. The minimum absolute atomic E-state index is 0.203. The minimum Gasteiger partial charge on any atom is -0.394 e. The molecule has 0 aromatic heterocycles. The van der Waals surface area contributed by atoms with E-state index in [2.05, 4.69) is 17.2 Å². The lowest BCUT2D eigenvalue weighted by Crippen LogP contribution is -2.56. The molecule has 2 unspecified atom stereocenters. The molecule has 0 bridgehead atoms. The molecule has 8 heteroatoms. The highest BCUT2D eigenvalue weighted by Crippen LogP contribution is 2.30. The lowest BCUT2D eigenvalue weighted by molar-refractivity contribution is -0.0793. The molecule has 1 saturated heterocycles. The summed E-state index contributed by atoms with van der Waals surface area (Å²) in [6, 6.07) is -0.364. The summed E-state index contributed by atoms with van der Waals surface area (Å²) in [5.41, 5.74) is 1.83. The normalized spacial score (nSPS) is 36.0. The Morgan fingerprint density at radius 2 is 2.30 bits per heavy atom. The number of hydrogen-bond acceptors (Lipinski definition) is 6. The summed E-state index contributed by atoms with van der Waals surface area (Å²) in [5, 5.41) is 25.5. The van der Waals surface area contributed by atoms with E-state index in [-0.39, 0.29) is 25.4 Å². The zero-order valence-corrected chi connectivity index (χ0v) is 12.8. The van der Waals surface area contributed by atoms with Gasteiger partial charge in [-0.25, -0.2) is 4.79 Å². The van der Waals surface area contributed by atoms with Crippen LogP contribution in [0.4, 0.5) is 4.79 Å². The molecule has 0 aliphatic carbocycles. The number of rotatable bonds is 5. The molecule has 1 fully saturated rings. The summed E-state index contributed by atoms with van der Waals surface area (Å²) in [5.74, 6) is 0. The SMILES string of the molecule is C=CCO[C@H]1C(N2C=C3C=C(C)NC3NC2=O)O[C@H](CO)[C@H]1O. The van der Waals surface area contributed by atoms with Gasteiger partial charge in [-0.3, -0.25) is 4.90 Å². The quantitative estimate of drug-likeness (QED) is 0.503. The van der Waals surface area contributed by atoms with E-state index >= 15 is 0 Å². The predicted octanol–water partition coefficient (Wildman–Crippen LogP) is -0.622. The van der Waals surface area contributed by atoms with Crippen molar-refractivity contribution < 1.29 is 24.5 Å². The smallest absolute Gasteiger partial charge is 0.325 e. The molecule has 126 valence electrons. The Labute approximate surface area is 134 Å². The molecule has 0 aromatic rings. The Hall–Kier alpha value is -1.87. The third kappa shape index (κ3) is 2.86. The zero-order chi connectivity index (χ0) is 16.6. The van der Waals surface area contributed by atoms with Crippen LogP contribution in [-0.2, 0) is 9.47 Å². The summed E-state index contributed by atoms with van der Waals surface area (Å²) in [7, 11) is 0. The Morgan fingerprint density at radius 3 is 3.00 bits per heavy atom. The molecular weight excluding hydrogens is 302 g/mol. The van der Waals surface area contributed by atoms with Gasteiger partial charge in [-0.2, -0.15) is 0 Å². The van der Waals surface area contributed by atoms with Gasteiger partial charge in [0.1, 0.15) is 24.5 Å². The first-order valence-corrected chi connectivity index (χ1v) is 7.47. The van der Waals surface area contributed by atoms with Crippen LogP contribution in [0.5, 0.6) is 0 Å². The Kier molecular flexibility index (Phi) is 4.40. The molecule has 0 radical (unpaired) electrons. The van der Waals surface area contributed by atoms with Gasteiger partial charge in [0.15, 0.2) is 6.23 Å². The number of fused-ring (bicyclic) bond motifs is 1. The van der Waals surface area contributed by atoms with Gasteiger partial charge in [-0.15, -0.1) is 6.58 Å². The maximum absolute atomic E-state index is 12.4. The molecule has 3 rings (SSSR count). The van der Waals surface area contributed by atoms with Crippen LogP contribution >= 0.6 is 0 Å². The van der Waals surface area contributed by atoms with Crippen LogP contribution in [0, 0.1) is 0 Å². The van der Waals surface area contributed by atoms with Crippen LogP contribution in [0.2, 0.25) is 0 Å². The maximum atomic E-state index is 12.4. The Balaban J connectivity index is 1.85. The first kappa shape index (κ1) is 16.0. The average Bonchev–Trinajstić information content (AvgIpc) is 3.03. The lowest BCUT2D eigenvalue weighted by atomic mass is 10.1. The Morgan fingerprint density at radius 1 is 1.52 bits per heavy atom. The molecule has 0 aromatic carbocycles.